The second-order valence-electron chi connectivity index (χ2n) is 4.93. The van der Waals surface area contributed by atoms with Crippen LogP contribution in [0, 0.1) is 0 Å². The van der Waals surface area contributed by atoms with Crippen molar-refractivity contribution in [2.45, 2.75) is 13.0 Å². The summed E-state index contributed by atoms with van der Waals surface area (Å²) < 4.78 is 16.2. The number of rotatable bonds is 3. The van der Waals surface area contributed by atoms with E-state index >= 15 is 0 Å². The molecule has 0 aromatic heterocycles. The lowest BCUT2D eigenvalue weighted by atomic mass is 9.96. The Bertz CT molecular complexity index is 667. The Kier molecular flexibility index (Phi) is 4.04. The first-order valence-corrected chi connectivity index (χ1v) is 7.22. The minimum Gasteiger partial charge on any atom is -0.497 e. The van der Waals surface area contributed by atoms with E-state index in [4.69, 9.17) is 25.8 Å². The molecule has 2 aromatic rings. The molecule has 4 heteroatoms. The number of hydrogen-bond donors (Lipinski definition) is 0. The molecule has 1 heterocycles. The molecule has 0 amide bonds. The van der Waals surface area contributed by atoms with Crippen LogP contribution in [0.1, 0.15) is 11.1 Å². The van der Waals surface area contributed by atoms with Gasteiger partial charge in [-0.15, -0.1) is 0 Å². The zero-order valence-electron chi connectivity index (χ0n) is 12.1. The van der Waals surface area contributed by atoms with Crippen molar-refractivity contribution < 1.29 is 14.2 Å². The van der Waals surface area contributed by atoms with Gasteiger partial charge in [0.1, 0.15) is 11.5 Å². The molecule has 2 aromatic carbocycles. The number of ether oxygens (including phenoxy) is 3. The molecule has 0 aliphatic carbocycles. The predicted octanol–water partition coefficient (Wildman–Crippen LogP) is 4.10. The van der Waals surface area contributed by atoms with Crippen LogP contribution in [-0.2, 0) is 17.8 Å². The van der Waals surface area contributed by atoms with Gasteiger partial charge in [-0.3, -0.25) is 0 Å². The van der Waals surface area contributed by atoms with Crippen molar-refractivity contribution in [1.29, 1.82) is 0 Å². The van der Waals surface area contributed by atoms with Gasteiger partial charge in [-0.1, -0.05) is 23.7 Å². The van der Waals surface area contributed by atoms with Crippen LogP contribution >= 0.6 is 11.6 Å². The van der Waals surface area contributed by atoms with Crippen molar-refractivity contribution in [3.05, 3.63) is 46.5 Å². The summed E-state index contributed by atoms with van der Waals surface area (Å²) in [6, 6.07) is 9.82. The molecule has 0 radical (unpaired) electrons. The van der Waals surface area contributed by atoms with Gasteiger partial charge in [-0.2, -0.15) is 0 Å². The van der Waals surface area contributed by atoms with E-state index in [1.807, 2.05) is 24.3 Å². The van der Waals surface area contributed by atoms with Crippen LogP contribution in [0.15, 0.2) is 30.3 Å². The van der Waals surface area contributed by atoms with Gasteiger partial charge < -0.3 is 14.2 Å². The summed E-state index contributed by atoms with van der Waals surface area (Å²) in [5, 5.41) is 0.780. The molecule has 0 saturated carbocycles. The Morgan fingerprint density at radius 1 is 1.05 bits per heavy atom. The summed E-state index contributed by atoms with van der Waals surface area (Å²) in [6.07, 6.45) is 0.842. The molecule has 110 valence electrons. The fourth-order valence-electron chi connectivity index (χ4n) is 2.66. The van der Waals surface area contributed by atoms with Crippen LogP contribution in [-0.4, -0.2) is 20.8 Å². The number of methoxy groups -OCH3 is 2. The summed E-state index contributed by atoms with van der Waals surface area (Å²) in [4.78, 5) is 0. The third-order valence-corrected chi connectivity index (χ3v) is 4.22. The molecule has 1 aliphatic rings. The van der Waals surface area contributed by atoms with E-state index in [1.165, 1.54) is 5.56 Å². The summed E-state index contributed by atoms with van der Waals surface area (Å²) in [6.45, 7) is 1.34. The van der Waals surface area contributed by atoms with E-state index in [2.05, 4.69) is 6.07 Å². The first-order chi connectivity index (χ1) is 10.2. The highest BCUT2D eigenvalue weighted by Crippen LogP contribution is 2.40. The summed E-state index contributed by atoms with van der Waals surface area (Å²) in [5.74, 6) is 1.56. The molecular formula is C17H17ClO3. The Morgan fingerprint density at radius 3 is 2.67 bits per heavy atom. The largest absolute Gasteiger partial charge is 0.497 e. The molecule has 0 unspecified atom stereocenters. The van der Waals surface area contributed by atoms with Crippen LogP contribution in [0.4, 0.5) is 0 Å². The maximum absolute atomic E-state index is 6.63. The predicted molar refractivity (Wildman–Crippen MR) is 83.4 cm³/mol. The van der Waals surface area contributed by atoms with Crippen molar-refractivity contribution in [3.63, 3.8) is 0 Å². The van der Waals surface area contributed by atoms with E-state index in [-0.39, 0.29) is 0 Å². The smallest absolute Gasteiger partial charge is 0.127 e. The number of benzene rings is 2. The van der Waals surface area contributed by atoms with Crippen LogP contribution in [0.3, 0.4) is 0 Å². The lowest BCUT2D eigenvalue weighted by molar-refractivity contribution is 0.111. The van der Waals surface area contributed by atoms with E-state index in [1.54, 1.807) is 14.2 Å². The third kappa shape index (κ3) is 2.59. The van der Waals surface area contributed by atoms with E-state index in [9.17, 15) is 0 Å². The topological polar surface area (TPSA) is 27.7 Å². The van der Waals surface area contributed by atoms with Gasteiger partial charge in [0.2, 0.25) is 0 Å². The molecular weight excluding hydrogens is 288 g/mol. The van der Waals surface area contributed by atoms with Gasteiger partial charge in [0.25, 0.3) is 0 Å². The standard InChI is InChI=1S/C17H17ClO3/c1-19-12-4-6-16(20-2)15(9-12)14-5-3-11-10-21-8-7-13(11)17(14)18/h3-6,9H,7-8,10H2,1-2H3. The minimum absolute atomic E-state index is 0.630. The third-order valence-electron chi connectivity index (χ3n) is 3.79. The minimum atomic E-state index is 0.630. The summed E-state index contributed by atoms with van der Waals surface area (Å²) in [7, 11) is 3.31. The van der Waals surface area contributed by atoms with Gasteiger partial charge in [-0.25, -0.2) is 0 Å². The van der Waals surface area contributed by atoms with Gasteiger partial charge in [0.15, 0.2) is 0 Å². The molecule has 0 spiro atoms. The SMILES string of the molecule is COc1ccc(OC)c(-c2ccc3c(c2Cl)CCOC3)c1. The molecule has 1 aliphatic heterocycles. The van der Waals surface area contributed by atoms with E-state index in [0.29, 0.717) is 13.2 Å². The molecule has 0 fully saturated rings. The summed E-state index contributed by atoms with van der Waals surface area (Å²) >= 11 is 6.63. The Morgan fingerprint density at radius 2 is 1.90 bits per heavy atom. The zero-order chi connectivity index (χ0) is 14.8. The van der Waals surface area contributed by atoms with Crippen molar-refractivity contribution in [2.75, 3.05) is 20.8 Å². The number of fused-ring (bicyclic) bond motifs is 1. The maximum atomic E-state index is 6.63. The van der Waals surface area contributed by atoms with Crippen LogP contribution in [0.25, 0.3) is 11.1 Å². The highest BCUT2D eigenvalue weighted by atomic mass is 35.5. The quantitative estimate of drug-likeness (QED) is 0.854. The molecule has 3 rings (SSSR count). The molecule has 0 atom stereocenters. The molecule has 0 N–H and O–H groups in total. The molecule has 0 bridgehead atoms. The lowest BCUT2D eigenvalue weighted by Crippen LogP contribution is -2.10. The average molecular weight is 305 g/mol. The molecule has 21 heavy (non-hydrogen) atoms. The van der Waals surface area contributed by atoms with Crippen molar-refractivity contribution in [3.8, 4) is 22.6 Å². The van der Waals surface area contributed by atoms with Crippen LogP contribution in [0.2, 0.25) is 5.02 Å². The van der Waals surface area contributed by atoms with Crippen LogP contribution in [0.5, 0.6) is 11.5 Å². The lowest BCUT2D eigenvalue weighted by Gasteiger charge is -2.20. The fourth-order valence-corrected chi connectivity index (χ4v) is 3.04. The summed E-state index contributed by atoms with van der Waals surface area (Å²) in [5.41, 5.74) is 4.24. The second-order valence-corrected chi connectivity index (χ2v) is 5.31. The maximum Gasteiger partial charge on any atom is 0.127 e. The highest BCUT2D eigenvalue weighted by Gasteiger charge is 2.18. The van der Waals surface area contributed by atoms with Gasteiger partial charge in [0, 0.05) is 11.1 Å². The van der Waals surface area contributed by atoms with Gasteiger partial charge >= 0.3 is 0 Å². The van der Waals surface area contributed by atoms with E-state index < -0.39 is 0 Å². The molecule has 3 nitrogen and oxygen atoms in total. The van der Waals surface area contributed by atoms with E-state index in [0.717, 1.165) is 39.6 Å². The Labute approximate surface area is 129 Å². The van der Waals surface area contributed by atoms with Gasteiger partial charge in [0.05, 0.1) is 32.5 Å². The first kappa shape index (κ1) is 14.2. The van der Waals surface area contributed by atoms with Crippen LogP contribution < -0.4 is 9.47 Å². The monoisotopic (exact) mass is 304 g/mol. The normalized spacial score (nSPS) is 13.7. The second kappa shape index (κ2) is 5.96. The number of halogens is 1. The zero-order valence-corrected chi connectivity index (χ0v) is 12.9. The first-order valence-electron chi connectivity index (χ1n) is 6.85. The average Bonchev–Trinajstić information content (AvgIpc) is 2.55. The van der Waals surface area contributed by atoms with Crippen molar-refractivity contribution in [1.82, 2.24) is 0 Å². The molecule has 0 saturated heterocycles. The fraction of sp³-hybridized carbons (Fsp3) is 0.294. The number of hydrogen-bond acceptors (Lipinski definition) is 3. The van der Waals surface area contributed by atoms with Crippen molar-refractivity contribution >= 4 is 11.6 Å². The Hall–Kier alpha value is -1.71. The van der Waals surface area contributed by atoms with Gasteiger partial charge in [-0.05, 0) is 35.7 Å². The van der Waals surface area contributed by atoms with Crippen molar-refractivity contribution in [2.24, 2.45) is 0 Å². The highest BCUT2D eigenvalue weighted by molar-refractivity contribution is 6.34. The Balaban J connectivity index is 2.16.